The van der Waals surface area contributed by atoms with E-state index in [-0.39, 0.29) is 0 Å². The summed E-state index contributed by atoms with van der Waals surface area (Å²) in [7, 11) is 0. The Hall–Kier alpha value is -5.24. The molecule has 45 heavy (non-hydrogen) atoms. The van der Waals surface area contributed by atoms with Crippen molar-refractivity contribution >= 4 is 37.5 Å². The Labute approximate surface area is 271 Å². The highest BCUT2D eigenvalue weighted by Gasteiger charge is 2.32. The highest BCUT2D eigenvalue weighted by atomic mass is 79.9. The van der Waals surface area contributed by atoms with Crippen LogP contribution in [0, 0.1) is 0 Å². The standard InChI is InChI=1S/C44H27Br/c45-37-27-26-36-40-34(37)22-13-23-35(40)43-38(30-18-9-3-10-19-30)41-32(28-14-5-1-6-15-28)24-25-33(29-16-7-2-8-17-29)42(41)39(44(36)43)31-20-11-4-12-21-31/h1-27H. The molecule has 0 amide bonds. The Kier molecular flexibility index (Phi) is 6.07. The van der Waals surface area contributed by atoms with Gasteiger partial charge in [-0.05, 0) is 94.4 Å². The van der Waals surface area contributed by atoms with E-state index in [0.717, 1.165) is 4.47 Å². The van der Waals surface area contributed by atoms with Gasteiger partial charge in [-0.15, -0.1) is 0 Å². The van der Waals surface area contributed by atoms with E-state index >= 15 is 0 Å². The van der Waals surface area contributed by atoms with Crippen LogP contribution in [0.3, 0.4) is 0 Å². The van der Waals surface area contributed by atoms with Crippen LogP contribution in [0.4, 0.5) is 0 Å². The first-order valence-corrected chi connectivity index (χ1v) is 16.2. The fraction of sp³-hybridized carbons (Fsp3) is 0. The normalized spacial score (nSPS) is 11.7. The Morgan fingerprint density at radius 1 is 0.267 bits per heavy atom. The summed E-state index contributed by atoms with van der Waals surface area (Å²) in [6, 6.07) is 59.8. The van der Waals surface area contributed by atoms with Crippen LogP contribution in [0.15, 0.2) is 168 Å². The van der Waals surface area contributed by atoms with Crippen molar-refractivity contribution in [3.8, 4) is 66.8 Å². The summed E-state index contributed by atoms with van der Waals surface area (Å²) in [5.41, 5.74) is 15.2. The maximum Gasteiger partial charge on any atom is 0.0254 e. The molecule has 1 heteroatoms. The fourth-order valence-electron chi connectivity index (χ4n) is 7.45. The predicted octanol–water partition coefficient (Wildman–Crippen LogP) is 13.1. The van der Waals surface area contributed by atoms with Crippen LogP contribution >= 0.6 is 15.9 Å². The van der Waals surface area contributed by atoms with Gasteiger partial charge in [0.25, 0.3) is 0 Å². The minimum absolute atomic E-state index is 1.12. The highest BCUT2D eigenvalue weighted by molar-refractivity contribution is 9.10. The van der Waals surface area contributed by atoms with Crippen molar-refractivity contribution in [1.29, 1.82) is 0 Å². The molecule has 0 saturated carbocycles. The van der Waals surface area contributed by atoms with Crippen molar-refractivity contribution < 1.29 is 0 Å². The lowest BCUT2D eigenvalue weighted by Crippen LogP contribution is -1.97. The van der Waals surface area contributed by atoms with Gasteiger partial charge in [0.15, 0.2) is 0 Å². The Morgan fingerprint density at radius 3 is 1.13 bits per heavy atom. The van der Waals surface area contributed by atoms with Gasteiger partial charge in [0.1, 0.15) is 0 Å². The monoisotopic (exact) mass is 634 g/mol. The summed E-state index contributed by atoms with van der Waals surface area (Å²) in [6.45, 7) is 0. The van der Waals surface area contributed by atoms with Gasteiger partial charge in [0.2, 0.25) is 0 Å². The molecule has 1 aliphatic carbocycles. The summed E-state index contributed by atoms with van der Waals surface area (Å²) in [4.78, 5) is 0. The van der Waals surface area contributed by atoms with Crippen molar-refractivity contribution in [2.75, 3.05) is 0 Å². The van der Waals surface area contributed by atoms with Gasteiger partial charge < -0.3 is 0 Å². The molecule has 0 radical (unpaired) electrons. The van der Waals surface area contributed by atoms with Crippen molar-refractivity contribution in [2.24, 2.45) is 0 Å². The van der Waals surface area contributed by atoms with Crippen LogP contribution in [0.2, 0.25) is 0 Å². The van der Waals surface area contributed by atoms with Gasteiger partial charge in [-0.25, -0.2) is 0 Å². The van der Waals surface area contributed by atoms with E-state index in [9.17, 15) is 0 Å². The summed E-state index contributed by atoms with van der Waals surface area (Å²) in [6.07, 6.45) is 0. The van der Waals surface area contributed by atoms with Gasteiger partial charge in [-0.3, -0.25) is 0 Å². The molecule has 0 N–H and O–H groups in total. The average molecular weight is 636 g/mol. The van der Waals surface area contributed by atoms with E-state index in [0.29, 0.717) is 0 Å². The molecular weight excluding hydrogens is 608 g/mol. The van der Waals surface area contributed by atoms with E-state index in [1.165, 1.54) is 88.3 Å². The number of hydrogen-bond donors (Lipinski definition) is 0. The zero-order valence-electron chi connectivity index (χ0n) is 24.5. The molecule has 0 spiro atoms. The van der Waals surface area contributed by atoms with Gasteiger partial charge in [-0.1, -0.05) is 174 Å². The molecule has 1 aliphatic rings. The topological polar surface area (TPSA) is 0 Å². The number of rotatable bonds is 4. The quantitative estimate of drug-likeness (QED) is 0.181. The van der Waals surface area contributed by atoms with Gasteiger partial charge in [0, 0.05) is 4.47 Å². The first kappa shape index (κ1) is 26.2. The molecule has 0 fully saturated rings. The van der Waals surface area contributed by atoms with Gasteiger partial charge >= 0.3 is 0 Å². The Balaban J connectivity index is 1.62. The van der Waals surface area contributed by atoms with Crippen molar-refractivity contribution in [3.63, 3.8) is 0 Å². The second-order valence-electron chi connectivity index (χ2n) is 11.7. The molecule has 0 atom stereocenters. The first-order chi connectivity index (χ1) is 22.3. The maximum atomic E-state index is 3.89. The molecule has 0 aromatic heterocycles. The molecular formula is C44H27Br. The van der Waals surface area contributed by atoms with E-state index in [4.69, 9.17) is 0 Å². The van der Waals surface area contributed by atoms with Crippen LogP contribution in [0.25, 0.3) is 88.3 Å². The van der Waals surface area contributed by atoms with E-state index < -0.39 is 0 Å². The SMILES string of the molecule is Brc1ccc2c3c(cccc13)-c1c-2c(-c2ccccc2)c2c(-c3ccccc3)ccc(-c3ccccc3)c2c1-c1ccccc1. The predicted molar refractivity (Wildman–Crippen MR) is 195 cm³/mol. The second kappa shape index (κ2) is 10.4. The van der Waals surface area contributed by atoms with Crippen LogP contribution < -0.4 is 0 Å². The molecule has 0 nitrogen and oxygen atoms in total. The molecule has 8 aromatic rings. The van der Waals surface area contributed by atoms with Crippen molar-refractivity contribution in [3.05, 3.63) is 168 Å². The molecule has 0 aliphatic heterocycles. The maximum absolute atomic E-state index is 3.89. The largest absolute Gasteiger partial charge is 0.0622 e. The molecule has 0 bridgehead atoms. The van der Waals surface area contributed by atoms with Gasteiger partial charge in [0.05, 0.1) is 0 Å². The first-order valence-electron chi connectivity index (χ1n) is 15.4. The molecule has 0 unspecified atom stereocenters. The fourth-order valence-corrected chi connectivity index (χ4v) is 7.91. The summed E-state index contributed by atoms with van der Waals surface area (Å²) >= 11 is 3.89. The highest BCUT2D eigenvalue weighted by Crippen LogP contribution is 2.60. The molecule has 0 heterocycles. The summed E-state index contributed by atoms with van der Waals surface area (Å²) in [5, 5.41) is 5.13. The lowest BCUT2D eigenvalue weighted by Gasteiger charge is -2.25. The van der Waals surface area contributed by atoms with E-state index in [1.54, 1.807) is 0 Å². The molecule has 8 aromatic carbocycles. The summed E-state index contributed by atoms with van der Waals surface area (Å²) in [5.74, 6) is 0. The molecule has 9 rings (SSSR count). The minimum atomic E-state index is 1.12. The number of hydrogen-bond acceptors (Lipinski definition) is 0. The summed E-state index contributed by atoms with van der Waals surface area (Å²) < 4.78 is 1.12. The zero-order chi connectivity index (χ0) is 29.9. The third-order valence-corrected chi connectivity index (χ3v) is 9.97. The number of benzene rings is 8. The molecule has 0 saturated heterocycles. The van der Waals surface area contributed by atoms with Crippen LogP contribution in [-0.2, 0) is 0 Å². The smallest absolute Gasteiger partial charge is 0.0254 e. The van der Waals surface area contributed by atoms with Gasteiger partial charge in [-0.2, -0.15) is 0 Å². The van der Waals surface area contributed by atoms with Crippen LogP contribution in [0.5, 0.6) is 0 Å². The lowest BCUT2D eigenvalue weighted by molar-refractivity contribution is 1.59. The minimum Gasteiger partial charge on any atom is -0.0622 e. The Bertz CT molecular complexity index is 2260. The van der Waals surface area contributed by atoms with E-state index in [1.807, 2.05) is 0 Å². The second-order valence-corrected chi connectivity index (χ2v) is 12.6. The lowest BCUT2D eigenvalue weighted by atomic mass is 9.78. The zero-order valence-corrected chi connectivity index (χ0v) is 26.1. The van der Waals surface area contributed by atoms with Crippen LogP contribution in [-0.4, -0.2) is 0 Å². The Morgan fingerprint density at radius 2 is 0.667 bits per heavy atom. The average Bonchev–Trinajstić information content (AvgIpc) is 3.44. The van der Waals surface area contributed by atoms with Crippen molar-refractivity contribution in [1.82, 2.24) is 0 Å². The van der Waals surface area contributed by atoms with E-state index in [2.05, 4.69) is 180 Å². The third-order valence-electron chi connectivity index (χ3n) is 9.28. The number of fused-ring (bicyclic) bond motifs is 4. The van der Waals surface area contributed by atoms with Crippen molar-refractivity contribution in [2.45, 2.75) is 0 Å². The van der Waals surface area contributed by atoms with Crippen LogP contribution in [0.1, 0.15) is 0 Å². The third kappa shape index (κ3) is 3.98. The number of halogens is 1. The molecule has 210 valence electrons.